The maximum atomic E-state index is 11.4. The second-order valence-corrected chi connectivity index (χ2v) is 8.24. The van der Waals surface area contributed by atoms with Gasteiger partial charge < -0.3 is 10.0 Å². The van der Waals surface area contributed by atoms with Crippen LogP contribution in [0.15, 0.2) is 0 Å². The molecule has 6 nitrogen and oxygen atoms in total. The Labute approximate surface area is 115 Å². The van der Waals surface area contributed by atoms with Crippen LogP contribution in [-0.4, -0.2) is 49.1 Å². The third-order valence-electron chi connectivity index (χ3n) is 3.62. The van der Waals surface area contributed by atoms with Crippen LogP contribution in [0.1, 0.15) is 22.9 Å². The number of carboxylic acid groups (broad SMARTS) is 1. The lowest BCUT2D eigenvalue weighted by Gasteiger charge is -2.26. The van der Waals surface area contributed by atoms with Crippen LogP contribution in [0.4, 0.5) is 5.13 Å². The Morgan fingerprint density at radius 1 is 1.37 bits per heavy atom. The van der Waals surface area contributed by atoms with Crippen LogP contribution in [0, 0.1) is 0 Å². The summed E-state index contributed by atoms with van der Waals surface area (Å²) < 4.78 is 22.8. The molecule has 8 heteroatoms. The fourth-order valence-corrected chi connectivity index (χ4v) is 4.88. The van der Waals surface area contributed by atoms with Crippen molar-refractivity contribution in [3.05, 3.63) is 10.6 Å². The lowest BCUT2D eigenvalue weighted by molar-refractivity contribution is -0.138. The van der Waals surface area contributed by atoms with E-state index in [1.54, 1.807) is 0 Å². The van der Waals surface area contributed by atoms with Gasteiger partial charge in [0.15, 0.2) is 15.0 Å². The van der Waals surface area contributed by atoms with Gasteiger partial charge in [-0.05, 0) is 12.8 Å². The zero-order chi connectivity index (χ0) is 13.6. The van der Waals surface area contributed by atoms with Crippen LogP contribution in [0.5, 0.6) is 0 Å². The summed E-state index contributed by atoms with van der Waals surface area (Å²) in [5, 5.41) is 9.89. The molecule has 1 aromatic heterocycles. The minimum Gasteiger partial charge on any atom is -0.481 e. The van der Waals surface area contributed by atoms with Crippen molar-refractivity contribution in [1.82, 2.24) is 4.98 Å². The minimum atomic E-state index is -2.90. The number of sulfone groups is 1. The number of carboxylic acids is 1. The molecule has 19 heavy (non-hydrogen) atoms. The number of hydrogen-bond donors (Lipinski definition) is 1. The van der Waals surface area contributed by atoms with Gasteiger partial charge in [0, 0.05) is 18.0 Å². The van der Waals surface area contributed by atoms with Crippen LogP contribution in [-0.2, 0) is 21.1 Å². The Bertz CT molecular complexity index is 609. The highest BCUT2D eigenvalue weighted by Crippen LogP contribution is 2.39. The normalized spacial score (nSPS) is 25.3. The van der Waals surface area contributed by atoms with Crippen LogP contribution < -0.4 is 4.90 Å². The monoisotopic (exact) mass is 302 g/mol. The van der Waals surface area contributed by atoms with Gasteiger partial charge in [-0.1, -0.05) is 0 Å². The number of hydrogen-bond acceptors (Lipinski definition) is 6. The highest BCUT2D eigenvalue weighted by atomic mass is 32.2. The molecule has 2 heterocycles. The summed E-state index contributed by atoms with van der Waals surface area (Å²) in [7, 11) is -2.90. The minimum absolute atomic E-state index is 0.152. The fraction of sp³-hybridized carbons (Fsp3) is 0.636. The molecule has 1 atom stereocenters. The molecule has 0 aromatic carbocycles. The average molecular weight is 302 g/mol. The molecule has 3 rings (SSSR count). The molecular weight excluding hydrogens is 288 g/mol. The SMILES string of the molecule is O=C(O)C1CCc2sc(N3CCS(=O)(=O)CC3)nc21. The van der Waals surface area contributed by atoms with Crippen molar-refractivity contribution in [2.24, 2.45) is 0 Å². The lowest BCUT2D eigenvalue weighted by Crippen LogP contribution is -2.40. The van der Waals surface area contributed by atoms with E-state index < -0.39 is 21.7 Å². The van der Waals surface area contributed by atoms with Gasteiger partial charge in [0.1, 0.15) is 5.92 Å². The molecule has 104 valence electrons. The third-order valence-corrected chi connectivity index (χ3v) is 6.42. The highest BCUT2D eigenvalue weighted by Gasteiger charge is 2.34. The van der Waals surface area contributed by atoms with Gasteiger partial charge in [0.25, 0.3) is 0 Å². The number of thiazole rings is 1. The second kappa shape index (κ2) is 4.45. The Hall–Kier alpha value is -1.15. The maximum Gasteiger partial charge on any atom is 0.312 e. The molecule has 1 aliphatic heterocycles. The number of carbonyl (C=O) groups is 1. The number of nitrogens with zero attached hydrogens (tertiary/aromatic N) is 2. The molecule has 1 aliphatic carbocycles. The molecule has 1 aromatic rings. The molecule has 0 spiro atoms. The topological polar surface area (TPSA) is 87.6 Å². The zero-order valence-corrected chi connectivity index (χ0v) is 11.8. The van der Waals surface area contributed by atoms with Gasteiger partial charge in [0.2, 0.25) is 0 Å². The van der Waals surface area contributed by atoms with Gasteiger partial charge in [-0.15, -0.1) is 11.3 Å². The molecule has 0 amide bonds. The standard InChI is InChI=1S/C11H14N2O4S2/c14-10(15)7-1-2-8-9(7)12-11(18-8)13-3-5-19(16,17)6-4-13/h7H,1-6H2,(H,14,15). The van der Waals surface area contributed by atoms with Crippen LogP contribution in [0.3, 0.4) is 0 Å². The van der Waals surface area contributed by atoms with E-state index in [2.05, 4.69) is 4.98 Å². The van der Waals surface area contributed by atoms with E-state index in [4.69, 9.17) is 5.11 Å². The van der Waals surface area contributed by atoms with Gasteiger partial charge >= 0.3 is 5.97 Å². The maximum absolute atomic E-state index is 11.4. The predicted octanol–water partition coefficient (Wildman–Crippen LogP) is 0.492. The third kappa shape index (κ3) is 2.34. The van der Waals surface area contributed by atoms with Crippen molar-refractivity contribution in [3.63, 3.8) is 0 Å². The quantitative estimate of drug-likeness (QED) is 0.855. The summed E-state index contributed by atoms with van der Waals surface area (Å²) in [5.41, 5.74) is 0.681. The summed E-state index contributed by atoms with van der Waals surface area (Å²) >= 11 is 1.51. The van der Waals surface area contributed by atoms with E-state index in [-0.39, 0.29) is 11.5 Å². The van der Waals surface area contributed by atoms with Crippen molar-refractivity contribution in [2.75, 3.05) is 29.5 Å². The average Bonchev–Trinajstić information content (AvgIpc) is 2.87. The molecule has 0 radical (unpaired) electrons. The van der Waals surface area contributed by atoms with E-state index in [0.717, 1.165) is 16.4 Å². The van der Waals surface area contributed by atoms with Crippen molar-refractivity contribution in [3.8, 4) is 0 Å². The number of aryl methyl sites for hydroxylation is 1. The summed E-state index contributed by atoms with van der Waals surface area (Å²) in [6.45, 7) is 0.902. The van der Waals surface area contributed by atoms with Gasteiger partial charge in [-0.3, -0.25) is 4.79 Å². The van der Waals surface area contributed by atoms with Gasteiger partial charge in [-0.25, -0.2) is 13.4 Å². The van der Waals surface area contributed by atoms with E-state index in [1.807, 2.05) is 4.90 Å². The Kier molecular flexibility index (Phi) is 3.01. The molecule has 2 aliphatic rings. The van der Waals surface area contributed by atoms with Crippen molar-refractivity contribution in [2.45, 2.75) is 18.8 Å². The molecule has 1 fully saturated rings. The molecule has 0 bridgehead atoms. The summed E-state index contributed by atoms with van der Waals surface area (Å²) in [4.78, 5) is 18.5. The van der Waals surface area contributed by atoms with Gasteiger partial charge in [-0.2, -0.15) is 0 Å². The first kappa shape index (κ1) is 12.9. The molecule has 0 saturated carbocycles. The Morgan fingerprint density at radius 3 is 2.68 bits per heavy atom. The zero-order valence-electron chi connectivity index (χ0n) is 10.2. The smallest absolute Gasteiger partial charge is 0.312 e. The molecule has 1 unspecified atom stereocenters. The number of aromatic nitrogens is 1. The van der Waals surface area contributed by atoms with Crippen LogP contribution >= 0.6 is 11.3 Å². The molecule has 1 saturated heterocycles. The van der Waals surface area contributed by atoms with Crippen LogP contribution in [0.2, 0.25) is 0 Å². The van der Waals surface area contributed by atoms with Crippen molar-refractivity contribution < 1.29 is 18.3 Å². The largest absolute Gasteiger partial charge is 0.481 e. The number of anilines is 1. The van der Waals surface area contributed by atoms with E-state index >= 15 is 0 Å². The Morgan fingerprint density at radius 2 is 2.05 bits per heavy atom. The van der Waals surface area contributed by atoms with E-state index in [9.17, 15) is 13.2 Å². The summed E-state index contributed by atoms with van der Waals surface area (Å²) in [5.74, 6) is -1.01. The number of fused-ring (bicyclic) bond motifs is 1. The highest BCUT2D eigenvalue weighted by molar-refractivity contribution is 7.91. The molecule has 1 N–H and O–H groups in total. The first-order chi connectivity index (χ1) is 8.96. The Balaban J connectivity index is 1.81. The van der Waals surface area contributed by atoms with Gasteiger partial charge in [0.05, 0.1) is 17.2 Å². The number of rotatable bonds is 2. The summed E-state index contributed by atoms with van der Waals surface area (Å²) in [6, 6.07) is 0. The van der Waals surface area contributed by atoms with Crippen molar-refractivity contribution >= 4 is 32.3 Å². The lowest BCUT2D eigenvalue weighted by atomic mass is 10.1. The fourth-order valence-electron chi connectivity index (χ4n) is 2.49. The van der Waals surface area contributed by atoms with E-state index in [0.29, 0.717) is 25.2 Å². The van der Waals surface area contributed by atoms with Crippen molar-refractivity contribution in [1.29, 1.82) is 0 Å². The first-order valence-corrected chi connectivity index (χ1v) is 8.78. The predicted molar refractivity (Wildman–Crippen MR) is 71.7 cm³/mol. The van der Waals surface area contributed by atoms with Crippen LogP contribution in [0.25, 0.3) is 0 Å². The number of aliphatic carboxylic acids is 1. The second-order valence-electron chi connectivity index (χ2n) is 4.87. The summed E-state index contributed by atoms with van der Waals surface area (Å²) in [6.07, 6.45) is 1.38. The molecular formula is C11H14N2O4S2. The van der Waals surface area contributed by atoms with E-state index in [1.165, 1.54) is 11.3 Å². The first-order valence-electron chi connectivity index (χ1n) is 6.14.